The van der Waals surface area contributed by atoms with Gasteiger partial charge in [0.05, 0.1) is 5.92 Å². The normalized spacial score (nSPS) is 23.6. The summed E-state index contributed by atoms with van der Waals surface area (Å²) in [6.07, 6.45) is 8.31. The number of nitrogens with one attached hydrogen (secondary N) is 1. The van der Waals surface area contributed by atoms with E-state index < -0.39 is 11.9 Å². The molecule has 1 rings (SSSR count). The second kappa shape index (κ2) is 8.11. The molecule has 0 spiro atoms. The number of carbonyl (C=O) groups excluding carboxylic acids is 1. The molecular formula is C14H25NO3. The standard InChI is InChI=1S/C14H25NO3/c1-2-3-4-5-10-13(16)15-12-9-7-6-8-11(12)14(17)18/h11-12H,2-10H2,1H3,(H,15,16)(H,17,18). The van der Waals surface area contributed by atoms with Gasteiger partial charge in [0, 0.05) is 12.5 Å². The van der Waals surface area contributed by atoms with Crippen LogP contribution < -0.4 is 5.32 Å². The van der Waals surface area contributed by atoms with Crippen molar-refractivity contribution in [2.45, 2.75) is 70.8 Å². The molecule has 1 aliphatic carbocycles. The van der Waals surface area contributed by atoms with Gasteiger partial charge in [0.1, 0.15) is 0 Å². The van der Waals surface area contributed by atoms with E-state index in [9.17, 15) is 9.59 Å². The van der Waals surface area contributed by atoms with Crippen LogP contribution in [0.1, 0.15) is 64.7 Å². The summed E-state index contributed by atoms with van der Waals surface area (Å²) < 4.78 is 0. The van der Waals surface area contributed by atoms with Crippen molar-refractivity contribution in [3.05, 3.63) is 0 Å². The van der Waals surface area contributed by atoms with Gasteiger partial charge in [-0.15, -0.1) is 0 Å². The highest BCUT2D eigenvalue weighted by Gasteiger charge is 2.31. The number of hydrogen-bond acceptors (Lipinski definition) is 2. The van der Waals surface area contributed by atoms with Gasteiger partial charge in [0.25, 0.3) is 0 Å². The molecule has 0 heterocycles. The number of carboxylic acid groups (broad SMARTS) is 1. The Morgan fingerprint density at radius 1 is 1.17 bits per heavy atom. The molecule has 2 N–H and O–H groups in total. The maximum atomic E-state index is 11.7. The Hall–Kier alpha value is -1.06. The Balaban J connectivity index is 2.30. The van der Waals surface area contributed by atoms with E-state index >= 15 is 0 Å². The molecule has 0 aromatic rings. The Labute approximate surface area is 109 Å². The van der Waals surface area contributed by atoms with Gasteiger partial charge in [0.2, 0.25) is 5.91 Å². The molecule has 1 amide bonds. The van der Waals surface area contributed by atoms with Crippen molar-refractivity contribution in [1.29, 1.82) is 0 Å². The molecule has 18 heavy (non-hydrogen) atoms. The summed E-state index contributed by atoms with van der Waals surface area (Å²) in [5.41, 5.74) is 0. The summed E-state index contributed by atoms with van der Waals surface area (Å²) in [4.78, 5) is 22.8. The molecule has 0 radical (unpaired) electrons. The van der Waals surface area contributed by atoms with Crippen LogP contribution in [0.4, 0.5) is 0 Å². The Morgan fingerprint density at radius 3 is 2.56 bits per heavy atom. The topological polar surface area (TPSA) is 66.4 Å². The first-order chi connectivity index (χ1) is 8.65. The fraction of sp³-hybridized carbons (Fsp3) is 0.857. The van der Waals surface area contributed by atoms with Crippen LogP contribution in [0.25, 0.3) is 0 Å². The lowest BCUT2D eigenvalue weighted by atomic mass is 9.84. The van der Waals surface area contributed by atoms with Crippen LogP contribution in [0.3, 0.4) is 0 Å². The van der Waals surface area contributed by atoms with Gasteiger partial charge >= 0.3 is 5.97 Å². The van der Waals surface area contributed by atoms with Crippen molar-refractivity contribution in [2.75, 3.05) is 0 Å². The van der Waals surface area contributed by atoms with Crippen LogP contribution >= 0.6 is 0 Å². The van der Waals surface area contributed by atoms with Crippen molar-refractivity contribution in [2.24, 2.45) is 5.92 Å². The van der Waals surface area contributed by atoms with Crippen LogP contribution in [0.2, 0.25) is 0 Å². The lowest BCUT2D eigenvalue weighted by molar-refractivity contribution is -0.144. The summed E-state index contributed by atoms with van der Waals surface area (Å²) >= 11 is 0. The van der Waals surface area contributed by atoms with E-state index in [-0.39, 0.29) is 11.9 Å². The summed E-state index contributed by atoms with van der Waals surface area (Å²) in [5.74, 6) is -1.14. The highest BCUT2D eigenvalue weighted by atomic mass is 16.4. The minimum absolute atomic E-state index is 0.0178. The third-order valence-electron chi connectivity index (χ3n) is 3.69. The zero-order valence-corrected chi connectivity index (χ0v) is 11.3. The third kappa shape index (κ3) is 5.07. The maximum absolute atomic E-state index is 11.7. The van der Waals surface area contributed by atoms with E-state index in [1.807, 2.05) is 0 Å². The number of aliphatic carboxylic acids is 1. The number of hydrogen-bond donors (Lipinski definition) is 2. The molecule has 4 nitrogen and oxygen atoms in total. The van der Waals surface area contributed by atoms with Crippen LogP contribution in [-0.2, 0) is 9.59 Å². The maximum Gasteiger partial charge on any atom is 0.308 e. The van der Waals surface area contributed by atoms with Gasteiger partial charge < -0.3 is 10.4 Å². The molecule has 0 aliphatic heterocycles. The van der Waals surface area contributed by atoms with Crippen molar-refractivity contribution < 1.29 is 14.7 Å². The van der Waals surface area contributed by atoms with Crippen molar-refractivity contribution in [3.63, 3.8) is 0 Å². The summed E-state index contributed by atoms with van der Waals surface area (Å²) in [7, 11) is 0. The average Bonchev–Trinajstić information content (AvgIpc) is 2.35. The second-order valence-electron chi connectivity index (χ2n) is 5.21. The SMILES string of the molecule is CCCCCCC(=O)NC1CCCCC1C(=O)O. The lowest BCUT2D eigenvalue weighted by Gasteiger charge is -2.29. The molecule has 1 aliphatic rings. The van der Waals surface area contributed by atoms with Gasteiger partial charge in [-0.3, -0.25) is 9.59 Å². The molecule has 4 heteroatoms. The molecular weight excluding hydrogens is 230 g/mol. The first-order valence-electron chi connectivity index (χ1n) is 7.17. The van der Waals surface area contributed by atoms with E-state index in [2.05, 4.69) is 12.2 Å². The summed E-state index contributed by atoms with van der Waals surface area (Å²) in [6, 6.07) is -0.157. The first kappa shape index (κ1) is 15.0. The predicted octanol–water partition coefficient (Wildman–Crippen LogP) is 2.72. The number of carboxylic acids is 1. The Kier molecular flexibility index (Phi) is 6.76. The third-order valence-corrected chi connectivity index (χ3v) is 3.69. The molecule has 1 fully saturated rings. The van der Waals surface area contributed by atoms with Crippen LogP contribution in [-0.4, -0.2) is 23.0 Å². The molecule has 2 atom stereocenters. The molecule has 0 aromatic carbocycles. The zero-order valence-electron chi connectivity index (χ0n) is 11.3. The van der Waals surface area contributed by atoms with Crippen LogP contribution in [0, 0.1) is 5.92 Å². The fourth-order valence-electron chi connectivity index (χ4n) is 2.59. The lowest BCUT2D eigenvalue weighted by Crippen LogP contribution is -2.45. The van der Waals surface area contributed by atoms with E-state index in [1.165, 1.54) is 0 Å². The van der Waals surface area contributed by atoms with Crippen molar-refractivity contribution >= 4 is 11.9 Å². The summed E-state index contributed by atoms with van der Waals surface area (Å²) in [5, 5.41) is 12.0. The van der Waals surface area contributed by atoms with Crippen LogP contribution in [0.5, 0.6) is 0 Å². The smallest absolute Gasteiger partial charge is 0.308 e. The Bertz CT molecular complexity index is 278. The monoisotopic (exact) mass is 255 g/mol. The molecule has 1 saturated carbocycles. The fourth-order valence-corrected chi connectivity index (χ4v) is 2.59. The zero-order chi connectivity index (χ0) is 13.4. The molecule has 2 unspecified atom stereocenters. The van der Waals surface area contributed by atoms with Crippen molar-refractivity contribution in [3.8, 4) is 0 Å². The largest absolute Gasteiger partial charge is 0.481 e. The van der Waals surface area contributed by atoms with Gasteiger partial charge in [-0.05, 0) is 19.3 Å². The van der Waals surface area contributed by atoms with E-state index in [1.54, 1.807) is 0 Å². The number of amides is 1. The molecule has 0 bridgehead atoms. The van der Waals surface area contributed by atoms with Crippen molar-refractivity contribution in [1.82, 2.24) is 5.32 Å². The molecule has 104 valence electrons. The first-order valence-corrected chi connectivity index (χ1v) is 7.17. The van der Waals surface area contributed by atoms with Gasteiger partial charge in [0.15, 0.2) is 0 Å². The average molecular weight is 255 g/mol. The molecule has 0 saturated heterocycles. The quantitative estimate of drug-likeness (QED) is 0.687. The minimum atomic E-state index is -0.772. The van der Waals surface area contributed by atoms with E-state index in [0.717, 1.165) is 44.9 Å². The minimum Gasteiger partial charge on any atom is -0.481 e. The highest BCUT2D eigenvalue weighted by molar-refractivity contribution is 5.78. The Morgan fingerprint density at radius 2 is 1.89 bits per heavy atom. The molecule has 0 aromatic heterocycles. The van der Waals surface area contributed by atoms with E-state index in [4.69, 9.17) is 5.11 Å². The number of unbranched alkanes of at least 4 members (excludes halogenated alkanes) is 3. The second-order valence-corrected chi connectivity index (χ2v) is 5.21. The number of carbonyl (C=O) groups is 2. The summed E-state index contributed by atoms with van der Waals surface area (Å²) in [6.45, 7) is 2.14. The van der Waals surface area contributed by atoms with Crippen LogP contribution in [0.15, 0.2) is 0 Å². The van der Waals surface area contributed by atoms with Gasteiger partial charge in [-0.1, -0.05) is 39.0 Å². The highest BCUT2D eigenvalue weighted by Crippen LogP contribution is 2.24. The van der Waals surface area contributed by atoms with E-state index in [0.29, 0.717) is 12.8 Å². The predicted molar refractivity (Wildman–Crippen MR) is 70.3 cm³/mol. The van der Waals surface area contributed by atoms with Gasteiger partial charge in [-0.2, -0.15) is 0 Å². The number of rotatable bonds is 7. The van der Waals surface area contributed by atoms with Gasteiger partial charge in [-0.25, -0.2) is 0 Å².